The number of hydrogen-bond donors (Lipinski definition) is 6. The lowest BCUT2D eigenvalue weighted by atomic mass is 9.76. The van der Waals surface area contributed by atoms with Gasteiger partial charge >= 0.3 is 11.9 Å². The summed E-state index contributed by atoms with van der Waals surface area (Å²) >= 11 is 0. The number of aliphatic carboxylic acids is 3. The van der Waals surface area contributed by atoms with Gasteiger partial charge in [-0.05, 0) is 155 Å². The van der Waals surface area contributed by atoms with Crippen LogP contribution < -0.4 is 48.5 Å². The lowest BCUT2D eigenvalue weighted by Gasteiger charge is -2.32. The summed E-state index contributed by atoms with van der Waals surface area (Å²) < 4.78 is 72.4. The van der Waals surface area contributed by atoms with E-state index in [1.807, 2.05) is 232 Å². The minimum Gasteiger partial charge on any atom is -0.550 e. The second-order valence-corrected chi connectivity index (χ2v) is 34.3. The van der Waals surface area contributed by atoms with Crippen molar-refractivity contribution in [2.24, 2.45) is 58.8 Å². The highest BCUT2D eigenvalue weighted by atomic mass is 16.6. The SMILES string of the molecule is CC(N)COC(C)COCCOCC(C)OCC(C)N.CCC(c1ccccc1)C(C(=O)NC(C)COC(C)COCCOCC(C)OCC(C)NC(=O)C(C(C)C(=O)[O-])C(CC)c1ccccc1)C(C)C(=O)[O-].CCC(c1ccccc1)C(C(=O)NC(C)COC(C)COCCOCC(C)OCC(C)[NH3+])C(C)C(=O)[O-].CCC(c1ccccc1)C1C(=O)OC(=O)C1C. The van der Waals surface area contributed by atoms with E-state index in [1.54, 1.807) is 6.92 Å². The number of quaternary nitrogens is 1. The number of nitrogens with one attached hydrogen (secondary N) is 3. The molecule has 0 radical (unpaired) electrons. The Morgan fingerprint density at radius 1 is 0.352 bits per heavy atom. The maximum Gasteiger partial charge on any atom is 0.318 e. The summed E-state index contributed by atoms with van der Waals surface area (Å²) in [6.07, 6.45) is 2.06. The number of cyclic esters (lactones) is 2. The van der Waals surface area contributed by atoms with E-state index in [1.165, 1.54) is 20.8 Å². The van der Waals surface area contributed by atoms with Gasteiger partial charge in [0, 0.05) is 65.9 Å². The number of ether oxygens (including phenoxy) is 13. The third-order valence-corrected chi connectivity index (χ3v) is 21.7. The fourth-order valence-electron chi connectivity index (χ4n) is 14.6. The molecule has 1 heterocycles. The molecule has 24 atom stereocenters. The molecule has 128 heavy (non-hydrogen) atoms. The third-order valence-electron chi connectivity index (χ3n) is 21.7. The topological polar surface area (TPSA) is 442 Å². The van der Waals surface area contributed by atoms with E-state index in [4.69, 9.17) is 73.0 Å². The van der Waals surface area contributed by atoms with Crippen LogP contribution in [-0.2, 0) is 99.9 Å². The van der Waals surface area contributed by atoms with Crippen molar-refractivity contribution in [1.82, 2.24) is 16.0 Å². The smallest absolute Gasteiger partial charge is 0.318 e. The zero-order valence-electron chi connectivity index (χ0n) is 80.1. The molecule has 1 aliphatic heterocycles. The number of carboxylic acid groups (broad SMARTS) is 3. The monoisotopic (exact) mass is 1800 g/mol. The van der Waals surface area contributed by atoms with E-state index >= 15 is 0 Å². The maximum atomic E-state index is 13.4. The van der Waals surface area contributed by atoms with Crippen LogP contribution in [-0.4, -0.2) is 239 Å². The van der Waals surface area contributed by atoms with Crippen LogP contribution in [0.1, 0.15) is 210 Å². The Labute approximate surface area is 762 Å². The molecule has 30 nitrogen and oxygen atoms in total. The second-order valence-electron chi connectivity index (χ2n) is 34.3. The van der Waals surface area contributed by atoms with Crippen LogP contribution in [0.2, 0.25) is 0 Å². The summed E-state index contributed by atoms with van der Waals surface area (Å²) in [6.45, 7) is 44.7. The Morgan fingerprint density at radius 2 is 0.586 bits per heavy atom. The Bertz CT molecular complexity index is 3510. The number of benzene rings is 4. The van der Waals surface area contributed by atoms with Crippen molar-refractivity contribution >= 4 is 47.6 Å². The largest absolute Gasteiger partial charge is 0.550 e. The van der Waals surface area contributed by atoms with E-state index in [2.05, 4.69) is 21.7 Å². The van der Waals surface area contributed by atoms with Crippen LogP contribution in [0.25, 0.3) is 0 Å². The van der Waals surface area contributed by atoms with Gasteiger partial charge in [-0.2, -0.15) is 0 Å². The number of esters is 2. The van der Waals surface area contributed by atoms with Gasteiger partial charge in [0.05, 0.1) is 185 Å². The molecule has 1 saturated heterocycles. The number of rotatable bonds is 63. The highest BCUT2D eigenvalue weighted by Gasteiger charge is 2.46. The Kier molecular flexibility index (Phi) is 60.5. The predicted molar refractivity (Wildman–Crippen MR) is 484 cm³/mol. The first-order valence-electron chi connectivity index (χ1n) is 45.8. The van der Waals surface area contributed by atoms with Gasteiger partial charge in [-0.3, -0.25) is 24.0 Å². The first-order chi connectivity index (χ1) is 60.8. The second kappa shape index (κ2) is 66.6. The van der Waals surface area contributed by atoms with Crippen molar-refractivity contribution in [2.75, 3.05) is 119 Å². The molecule has 0 saturated carbocycles. The van der Waals surface area contributed by atoms with Crippen molar-refractivity contribution in [3.63, 3.8) is 0 Å². The minimum absolute atomic E-state index is 0.0119. The quantitative estimate of drug-likeness (QED) is 0.0142. The lowest BCUT2D eigenvalue weighted by molar-refractivity contribution is -0.422. The number of hydrogen-bond acceptors (Lipinski definition) is 26. The third kappa shape index (κ3) is 47.4. The molecule has 30 heteroatoms. The molecule has 0 spiro atoms. The van der Waals surface area contributed by atoms with Gasteiger partial charge in [0.2, 0.25) is 17.7 Å². The molecular weight excluding hydrogens is 1650 g/mol. The van der Waals surface area contributed by atoms with Crippen molar-refractivity contribution in [1.29, 1.82) is 0 Å². The molecule has 5 rings (SSSR count). The highest BCUT2D eigenvalue weighted by molar-refractivity contribution is 5.97. The van der Waals surface area contributed by atoms with Gasteiger partial charge in [-0.1, -0.05) is 177 Å². The normalized spacial score (nSPS) is 18.4. The Hall–Kier alpha value is -7.76. The molecule has 0 aromatic heterocycles. The Balaban J connectivity index is 0.000000640. The number of carboxylic acids is 3. The average Bonchev–Trinajstić information content (AvgIpc) is 1.67. The lowest BCUT2D eigenvalue weighted by Crippen LogP contribution is -2.61. The van der Waals surface area contributed by atoms with E-state index in [0.29, 0.717) is 118 Å². The van der Waals surface area contributed by atoms with Crippen LogP contribution in [0, 0.1) is 47.3 Å². The molecular formula is C98H158N6O24-2. The van der Waals surface area contributed by atoms with Gasteiger partial charge in [0.25, 0.3) is 0 Å². The van der Waals surface area contributed by atoms with E-state index in [0.717, 1.165) is 28.7 Å². The zero-order valence-corrected chi connectivity index (χ0v) is 80.1. The molecule has 3 amide bonds. The summed E-state index contributed by atoms with van der Waals surface area (Å²) in [5, 5.41) is 44.1. The summed E-state index contributed by atoms with van der Waals surface area (Å²) in [7, 11) is 0. The molecule has 1 fully saturated rings. The highest BCUT2D eigenvalue weighted by Crippen LogP contribution is 2.40. The Morgan fingerprint density at radius 3 is 0.789 bits per heavy atom. The van der Waals surface area contributed by atoms with Crippen molar-refractivity contribution in [2.45, 2.75) is 261 Å². The maximum absolute atomic E-state index is 13.4. The van der Waals surface area contributed by atoms with Crippen LogP contribution in [0.3, 0.4) is 0 Å². The molecule has 726 valence electrons. The van der Waals surface area contributed by atoms with E-state index in [-0.39, 0.29) is 152 Å². The minimum atomic E-state index is -1.26. The van der Waals surface area contributed by atoms with Crippen molar-refractivity contribution in [3.05, 3.63) is 144 Å². The average molecular weight is 1800 g/mol. The summed E-state index contributed by atoms with van der Waals surface area (Å²) in [5.41, 5.74) is 18.9. The number of nitrogens with two attached hydrogens (primary N) is 2. The molecule has 1 aliphatic rings. The van der Waals surface area contributed by atoms with Crippen LogP contribution >= 0.6 is 0 Å². The molecule has 4 aromatic carbocycles. The molecule has 0 bridgehead atoms. The van der Waals surface area contributed by atoms with Crippen LogP contribution in [0.15, 0.2) is 121 Å². The van der Waals surface area contributed by atoms with Crippen LogP contribution in [0.5, 0.6) is 0 Å². The molecule has 10 N–H and O–H groups in total. The molecule has 0 aliphatic carbocycles. The number of amides is 3. The summed E-state index contributed by atoms with van der Waals surface area (Å²) in [6, 6.07) is 37.6. The number of carbonyl (C=O) groups excluding carboxylic acids is 8. The van der Waals surface area contributed by atoms with Crippen molar-refractivity contribution in [3.8, 4) is 0 Å². The standard InChI is InChI=1S/C42H64N2O10.C28H48N2O7.C14H32N2O4.C14H16O3/c1-9-35(33-17-13-11-14-18-33)37(31(7)41(47)48)39(45)43-27(3)23-53-29(5)25-51-21-22-52-26-30(6)54-24-28(4)44-40(46)38(32(8)42(49)50)36(10-2)34-19-15-12-16-20-34;1-7-25(24-11-9-8-10-12-24)26(23(6)28(32)33)27(31)30-20(3)16-37-22(5)18-35-14-13-34-17-21(4)36-15-19(2)29;1-11(15)7-19-13(3)9-17-5-6-18-10-14(4)20-8-12(2)16;1-3-11(10-7-5-4-6-8-10)12-9(2)13(15)17-14(12)16/h11-20,27-32,35-38H,9-10,21-26H2,1-8H3,(H,43,45)(H,44,46)(H,47,48)(H,49,50);8-12,19-23,25-26H,7,13-18,29H2,1-6H3,(H,30,31)(H,32,33);11-14H,5-10,15-16H2,1-4H3;4-9,11-12H,3H2,1-2H3/p-2. The van der Waals surface area contributed by atoms with Crippen LogP contribution in [0.4, 0.5) is 0 Å². The van der Waals surface area contributed by atoms with E-state index < -0.39 is 59.4 Å². The molecule has 4 aromatic rings. The van der Waals surface area contributed by atoms with Gasteiger partial charge in [-0.15, -0.1) is 0 Å². The number of carbonyl (C=O) groups is 8. The first-order valence-corrected chi connectivity index (χ1v) is 45.8. The predicted octanol–water partition coefficient (Wildman–Crippen LogP) is 7.43. The van der Waals surface area contributed by atoms with Gasteiger partial charge in [0.15, 0.2) is 0 Å². The van der Waals surface area contributed by atoms with Gasteiger partial charge in [-0.25, -0.2) is 0 Å². The zero-order chi connectivity index (χ0) is 95.8. The van der Waals surface area contributed by atoms with E-state index in [9.17, 15) is 53.7 Å². The molecule has 24 unspecified atom stereocenters. The fourth-order valence-corrected chi connectivity index (χ4v) is 14.6. The fraction of sp³-hybridized carbons (Fsp3) is 0.673. The summed E-state index contributed by atoms with van der Waals surface area (Å²) in [4.78, 5) is 98.4. The van der Waals surface area contributed by atoms with Crippen molar-refractivity contribution < 1.29 is 121 Å². The summed E-state index contributed by atoms with van der Waals surface area (Å²) in [5.74, 6) is -12.2. The first kappa shape index (κ1) is 116. The van der Waals surface area contributed by atoms with Gasteiger partial charge < -0.3 is 124 Å². The van der Waals surface area contributed by atoms with Gasteiger partial charge in [0.1, 0.15) is 6.04 Å².